The number of rotatable bonds is 13. The first-order valence-corrected chi connectivity index (χ1v) is 9.92. The Hall–Kier alpha value is -2.69. The van der Waals surface area contributed by atoms with Crippen LogP contribution in [0.5, 0.6) is 0 Å². The molecular weight excluding hydrogens is 394 g/mol. The Bertz CT molecular complexity index is 637. The Morgan fingerprint density at radius 1 is 0.767 bits per heavy atom. The molecule has 0 aromatic rings. The molecule has 0 aliphatic rings. The number of hydrogen-bond donors (Lipinski definition) is 6. The monoisotopic (exact) mass is 429 g/mol. The van der Waals surface area contributed by atoms with Crippen molar-refractivity contribution in [1.29, 1.82) is 0 Å². The fourth-order valence-electron chi connectivity index (χ4n) is 2.66. The lowest BCUT2D eigenvalue weighted by Gasteiger charge is -2.25. The normalized spacial score (nSPS) is 15.1. The molecule has 0 radical (unpaired) electrons. The van der Waals surface area contributed by atoms with E-state index in [2.05, 4.69) is 16.0 Å². The number of nitrogens with two attached hydrogens (primary N) is 2. The van der Waals surface area contributed by atoms with Gasteiger partial charge in [-0.3, -0.25) is 24.0 Å². The average Bonchev–Trinajstić information content (AvgIpc) is 2.58. The number of nitrogens with one attached hydrogen (secondary N) is 3. The first-order valence-electron chi connectivity index (χ1n) is 9.92. The zero-order valence-electron chi connectivity index (χ0n) is 18.2. The van der Waals surface area contributed by atoms with Gasteiger partial charge in [0.2, 0.25) is 23.6 Å². The number of aliphatic carboxylic acids is 1. The maximum absolute atomic E-state index is 12.7. The van der Waals surface area contributed by atoms with Crippen molar-refractivity contribution in [3.05, 3.63) is 0 Å². The predicted molar refractivity (Wildman–Crippen MR) is 110 cm³/mol. The van der Waals surface area contributed by atoms with Crippen molar-refractivity contribution in [2.24, 2.45) is 23.3 Å². The van der Waals surface area contributed by atoms with E-state index in [9.17, 15) is 24.0 Å². The van der Waals surface area contributed by atoms with Crippen LogP contribution >= 0.6 is 0 Å². The first-order chi connectivity index (χ1) is 13.7. The molecule has 0 heterocycles. The minimum Gasteiger partial charge on any atom is -0.480 e. The summed E-state index contributed by atoms with van der Waals surface area (Å²) in [6, 6.07) is -4.40. The third-order valence-corrected chi connectivity index (χ3v) is 4.17. The van der Waals surface area contributed by atoms with E-state index < -0.39 is 60.2 Å². The van der Waals surface area contributed by atoms with E-state index in [1.54, 1.807) is 0 Å². The lowest BCUT2D eigenvalue weighted by Crippen LogP contribution is -2.57. The summed E-state index contributed by atoms with van der Waals surface area (Å²) in [6.45, 7) is 8.70. The third kappa shape index (κ3) is 10.7. The number of carboxylic acid groups (broad SMARTS) is 1. The Balaban J connectivity index is 5.36. The maximum atomic E-state index is 12.7. The molecule has 0 fully saturated rings. The Kier molecular flexibility index (Phi) is 11.6. The van der Waals surface area contributed by atoms with Gasteiger partial charge in [0.15, 0.2) is 0 Å². The molecule has 0 spiro atoms. The van der Waals surface area contributed by atoms with Crippen LogP contribution in [0.2, 0.25) is 0 Å². The second kappa shape index (κ2) is 12.8. The van der Waals surface area contributed by atoms with Crippen LogP contribution in [0.1, 0.15) is 53.9 Å². The van der Waals surface area contributed by atoms with Gasteiger partial charge in [0.05, 0.1) is 12.5 Å². The molecule has 30 heavy (non-hydrogen) atoms. The molecule has 0 rings (SSSR count). The molecule has 4 unspecified atom stereocenters. The Morgan fingerprint density at radius 2 is 1.23 bits per heavy atom. The lowest BCUT2D eigenvalue weighted by molar-refractivity contribution is -0.142. The minimum absolute atomic E-state index is 0.00942. The zero-order chi connectivity index (χ0) is 23.6. The Morgan fingerprint density at radius 3 is 1.67 bits per heavy atom. The van der Waals surface area contributed by atoms with Crippen molar-refractivity contribution in [3.63, 3.8) is 0 Å². The number of amides is 4. The molecule has 0 saturated carbocycles. The van der Waals surface area contributed by atoms with E-state index in [0.29, 0.717) is 6.42 Å². The molecule has 0 aromatic heterocycles. The van der Waals surface area contributed by atoms with E-state index in [4.69, 9.17) is 16.6 Å². The minimum atomic E-state index is -1.31. The molecule has 0 aliphatic carbocycles. The van der Waals surface area contributed by atoms with Gasteiger partial charge in [-0.25, -0.2) is 0 Å². The van der Waals surface area contributed by atoms with Gasteiger partial charge >= 0.3 is 5.97 Å². The molecule has 11 heteroatoms. The molecule has 11 nitrogen and oxygen atoms in total. The largest absolute Gasteiger partial charge is 0.480 e. The van der Waals surface area contributed by atoms with Crippen LogP contribution in [-0.4, -0.2) is 58.9 Å². The summed E-state index contributed by atoms with van der Waals surface area (Å²) in [4.78, 5) is 59.8. The van der Waals surface area contributed by atoms with Crippen LogP contribution in [0.3, 0.4) is 0 Å². The topological polar surface area (TPSA) is 194 Å². The SMILES string of the molecule is CC(C)CC(N)C(=O)NC(CC(N)=O)C(=O)NC(CC(C)C)C(=O)NC(C)C(=O)O. The molecule has 4 atom stereocenters. The highest BCUT2D eigenvalue weighted by atomic mass is 16.4. The van der Waals surface area contributed by atoms with E-state index in [-0.39, 0.29) is 18.3 Å². The predicted octanol–water partition coefficient (Wildman–Crippen LogP) is -1.16. The van der Waals surface area contributed by atoms with Crippen LogP contribution in [-0.2, 0) is 24.0 Å². The van der Waals surface area contributed by atoms with Crippen LogP contribution in [0.15, 0.2) is 0 Å². The molecule has 8 N–H and O–H groups in total. The summed E-state index contributed by atoms with van der Waals surface area (Å²) in [5.74, 6) is -4.01. The van der Waals surface area contributed by atoms with Crippen molar-refractivity contribution in [2.75, 3.05) is 0 Å². The lowest BCUT2D eigenvalue weighted by atomic mass is 10.0. The fraction of sp³-hybridized carbons (Fsp3) is 0.737. The summed E-state index contributed by atoms with van der Waals surface area (Å²) < 4.78 is 0. The number of carbonyl (C=O) groups excluding carboxylic acids is 4. The maximum Gasteiger partial charge on any atom is 0.325 e. The summed E-state index contributed by atoms with van der Waals surface area (Å²) in [5.41, 5.74) is 11.0. The van der Waals surface area contributed by atoms with Crippen LogP contribution in [0, 0.1) is 11.8 Å². The third-order valence-electron chi connectivity index (χ3n) is 4.17. The molecular formula is C19H35N5O6. The smallest absolute Gasteiger partial charge is 0.325 e. The second-order valence-corrected chi connectivity index (χ2v) is 8.23. The number of hydrogen-bond acceptors (Lipinski definition) is 6. The molecule has 0 bridgehead atoms. The van der Waals surface area contributed by atoms with Crippen molar-refractivity contribution in [3.8, 4) is 0 Å². The van der Waals surface area contributed by atoms with E-state index in [1.165, 1.54) is 6.92 Å². The van der Waals surface area contributed by atoms with Gasteiger partial charge in [-0.1, -0.05) is 27.7 Å². The fourth-order valence-corrected chi connectivity index (χ4v) is 2.66. The highest BCUT2D eigenvalue weighted by Gasteiger charge is 2.30. The quantitative estimate of drug-likeness (QED) is 0.212. The average molecular weight is 430 g/mol. The molecule has 0 aromatic carbocycles. The molecule has 4 amide bonds. The van der Waals surface area contributed by atoms with E-state index in [0.717, 1.165) is 0 Å². The van der Waals surface area contributed by atoms with E-state index in [1.807, 2.05) is 27.7 Å². The summed E-state index contributed by atoms with van der Waals surface area (Å²) >= 11 is 0. The van der Waals surface area contributed by atoms with Crippen LogP contribution in [0.4, 0.5) is 0 Å². The Labute approximate surface area is 176 Å². The molecule has 0 saturated heterocycles. The van der Waals surface area contributed by atoms with Gasteiger partial charge in [-0.15, -0.1) is 0 Å². The molecule has 0 aliphatic heterocycles. The van der Waals surface area contributed by atoms with Crippen molar-refractivity contribution < 1.29 is 29.1 Å². The highest BCUT2D eigenvalue weighted by molar-refractivity contribution is 5.96. The number of carbonyl (C=O) groups is 5. The highest BCUT2D eigenvalue weighted by Crippen LogP contribution is 2.08. The number of primary amides is 1. The summed E-state index contributed by atoms with van der Waals surface area (Å²) in [6.07, 6.45) is 0.115. The van der Waals surface area contributed by atoms with Crippen molar-refractivity contribution in [1.82, 2.24) is 16.0 Å². The zero-order valence-corrected chi connectivity index (χ0v) is 18.2. The van der Waals surface area contributed by atoms with Gasteiger partial charge in [0, 0.05) is 0 Å². The van der Waals surface area contributed by atoms with Crippen molar-refractivity contribution >= 4 is 29.6 Å². The first kappa shape index (κ1) is 27.3. The summed E-state index contributed by atoms with van der Waals surface area (Å²) in [5, 5.41) is 16.1. The molecule has 172 valence electrons. The van der Waals surface area contributed by atoms with Gasteiger partial charge in [-0.05, 0) is 31.6 Å². The van der Waals surface area contributed by atoms with Gasteiger partial charge in [0.25, 0.3) is 0 Å². The number of carboxylic acids is 1. The standard InChI is InChI=1S/C19H35N5O6/c1-9(2)6-12(20)16(26)23-14(8-15(21)25)18(28)24-13(7-10(3)4)17(27)22-11(5)19(29)30/h9-14H,6-8,20H2,1-5H3,(H2,21,25)(H,22,27)(H,23,26)(H,24,28)(H,29,30). The van der Waals surface area contributed by atoms with Crippen LogP contribution in [0.25, 0.3) is 0 Å². The van der Waals surface area contributed by atoms with E-state index >= 15 is 0 Å². The van der Waals surface area contributed by atoms with Gasteiger partial charge in [-0.2, -0.15) is 0 Å². The van der Waals surface area contributed by atoms with Gasteiger partial charge < -0.3 is 32.5 Å². The summed E-state index contributed by atoms with van der Waals surface area (Å²) in [7, 11) is 0. The van der Waals surface area contributed by atoms with Crippen LogP contribution < -0.4 is 27.4 Å². The van der Waals surface area contributed by atoms with Gasteiger partial charge in [0.1, 0.15) is 18.1 Å². The van der Waals surface area contributed by atoms with Crippen molar-refractivity contribution in [2.45, 2.75) is 78.0 Å². The second-order valence-electron chi connectivity index (χ2n) is 8.23.